The minimum atomic E-state index is -4.84. The van der Waals surface area contributed by atoms with Crippen molar-refractivity contribution in [1.82, 2.24) is 0 Å². The highest BCUT2D eigenvalue weighted by atomic mass is 19.4. The number of alkyl halides is 3. The van der Waals surface area contributed by atoms with Gasteiger partial charge in [0.05, 0.1) is 11.1 Å². The maximum Gasteiger partial charge on any atom is 0.430 e. The molecule has 0 amide bonds. The van der Waals surface area contributed by atoms with Crippen LogP contribution in [0.25, 0.3) is 6.08 Å². The molecule has 3 rings (SSSR count). The maximum absolute atomic E-state index is 13.1. The smallest absolute Gasteiger partial charge is 0.430 e. The molecule has 1 aliphatic rings. The highest BCUT2D eigenvalue weighted by Gasteiger charge is 2.48. The molecule has 0 saturated carbocycles. The molecule has 0 saturated heterocycles. The van der Waals surface area contributed by atoms with Crippen molar-refractivity contribution in [2.45, 2.75) is 26.1 Å². The number of rotatable bonds is 3. The lowest BCUT2D eigenvalue weighted by molar-refractivity contribution is -0.187. The number of fused-ring (bicyclic) bond motifs is 1. The van der Waals surface area contributed by atoms with Crippen molar-refractivity contribution in [3.8, 4) is 17.2 Å². The number of benzene rings is 2. The molecule has 1 unspecified atom stereocenters. The Hall–Kier alpha value is -2.96. The van der Waals surface area contributed by atoms with Gasteiger partial charge in [0, 0.05) is 0 Å². The van der Waals surface area contributed by atoms with E-state index in [1.165, 1.54) is 12.1 Å². The molecule has 26 heavy (non-hydrogen) atoms. The van der Waals surface area contributed by atoms with E-state index < -0.39 is 23.8 Å². The molecule has 2 aromatic rings. The van der Waals surface area contributed by atoms with E-state index in [1.807, 2.05) is 19.9 Å². The average Bonchev–Trinajstić information content (AvgIpc) is 2.57. The third kappa shape index (κ3) is 3.24. The van der Waals surface area contributed by atoms with Gasteiger partial charge in [-0.05, 0) is 49.2 Å². The lowest BCUT2D eigenvalue weighted by atomic mass is 10.0. The van der Waals surface area contributed by atoms with E-state index in [4.69, 9.17) is 14.6 Å². The number of halogens is 3. The molecular formula is C19H15F3O4. The topological polar surface area (TPSA) is 55.8 Å². The molecule has 1 aliphatic heterocycles. The van der Waals surface area contributed by atoms with Crippen molar-refractivity contribution in [3.05, 3.63) is 58.7 Å². The van der Waals surface area contributed by atoms with Crippen LogP contribution in [-0.4, -0.2) is 23.4 Å². The Balaban J connectivity index is 2.07. The number of aryl methyl sites for hydroxylation is 1. The van der Waals surface area contributed by atoms with Gasteiger partial charge in [0.1, 0.15) is 17.2 Å². The monoisotopic (exact) mass is 364 g/mol. The number of ether oxygens (including phenoxy) is 2. The Morgan fingerprint density at radius 2 is 1.77 bits per heavy atom. The second-order valence-corrected chi connectivity index (χ2v) is 5.91. The quantitative estimate of drug-likeness (QED) is 0.843. The summed E-state index contributed by atoms with van der Waals surface area (Å²) in [6.45, 7) is 3.76. The van der Waals surface area contributed by atoms with Crippen molar-refractivity contribution >= 4 is 12.0 Å². The summed E-state index contributed by atoms with van der Waals surface area (Å²) in [5.74, 6) is -1.03. The molecule has 0 fully saturated rings. The second-order valence-electron chi connectivity index (χ2n) is 5.91. The van der Waals surface area contributed by atoms with Gasteiger partial charge in [0.2, 0.25) is 6.10 Å². The van der Waals surface area contributed by atoms with Crippen LogP contribution in [0.2, 0.25) is 0 Å². The molecule has 1 atom stereocenters. The number of carboxylic acids is 1. The van der Waals surface area contributed by atoms with Crippen molar-refractivity contribution in [2.75, 3.05) is 0 Å². The lowest BCUT2D eigenvalue weighted by Crippen LogP contribution is -2.40. The molecule has 1 N–H and O–H groups in total. The SMILES string of the molecule is Cc1cccc(Oc2cccc3c2C=C(C(=O)O)C(C(F)(F)F)O3)c1C. The summed E-state index contributed by atoms with van der Waals surface area (Å²) in [7, 11) is 0. The molecule has 4 nitrogen and oxygen atoms in total. The van der Waals surface area contributed by atoms with Gasteiger partial charge >= 0.3 is 12.1 Å². The number of aliphatic carboxylic acids is 1. The van der Waals surface area contributed by atoms with Crippen LogP contribution in [0.1, 0.15) is 16.7 Å². The first-order valence-electron chi connectivity index (χ1n) is 7.74. The molecule has 0 aliphatic carbocycles. The normalized spacial score (nSPS) is 16.3. The number of hydrogen-bond acceptors (Lipinski definition) is 3. The van der Waals surface area contributed by atoms with Crippen molar-refractivity contribution in [2.24, 2.45) is 0 Å². The Labute approximate surface area is 147 Å². The van der Waals surface area contributed by atoms with E-state index in [1.54, 1.807) is 18.2 Å². The van der Waals surface area contributed by atoms with Crippen LogP contribution in [0, 0.1) is 13.8 Å². The third-order valence-corrected chi connectivity index (χ3v) is 4.17. The van der Waals surface area contributed by atoms with Crippen LogP contribution in [0.15, 0.2) is 42.0 Å². The van der Waals surface area contributed by atoms with Crippen LogP contribution < -0.4 is 9.47 Å². The molecular weight excluding hydrogens is 349 g/mol. The number of carbonyl (C=O) groups is 1. The highest BCUT2D eigenvalue weighted by Crippen LogP contribution is 2.42. The van der Waals surface area contributed by atoms with Crippen LogP contribution in [0.3, 0.4) is 0 Å². The zero-order chi connectivity index (χ0) is 19.1. The van der Waals surface area contributed by atoms with E-state index in [2.05, 4.69) is 0 Å². The van der Waals surface area contributed by atoms with E-state index in [0.29, 0.717) is 5.75 Å². The van der Waals surface area contributed by atoms with Gasteiger partial charge in [-0.1, -0.05) is 18.2 Å². The summed E-state index contributed by atoms with van der Waals surface area (Å²) in [6.07, 6.45) is -6.41. The molecule has 0 aromatic heterocycles. The largest absolute Gasteiger partial charge is 0.478 e. The van der Waals surface area contributed by atoms with Gasteiger partial charge in [-0.25, -0.2) is 4.79 Å². The van der Waals surface area contributed by atoms with Gasteiger partial charge in [0.15, 0.2) is 0 Å². The molecule has 1 heterocycles. The first kappa shape index (κ1) is 17.8. The van der Waals surface area contributed by atoms with Crippen molar-refractivity contribution in [3.63, 3.8) is 0 Å². The standard InChI is InChI=1S/C19H15F3O4/c1-10-5-3-6-14(11(10)2)25-15-7-4-8-16-12(15)9-13(18(23)24)17(26-16)19(20,21)22/h3-9,17H,1-2H3,(H,23,24). The first-order valence-corrected chi connectivity index (χ1v) is 7.74. The number of hydrogen-bond donors (Lipinski definition) is 1. The summed E-state index contributed by atoms with van der Waals surface area (Å²) < 4.78 is 50.2. The van der Waals surface area contributed by atoms with E-state index >= 15 is 0 Å². The van der Waals surface area contributed by atoms with Crippen LogP contribution in [-0.2, 0) is 4.79 Å². The second kappa shape index (κ2) is 6.40. The van der Waals surface area contributed by atoms with Gasteiger partial charge in [0.25, 0.3) is 0 Å². The van der Waals surface area contributed by atoms with Crippen molar-refractivity contribution < 1.29 is 32.5 Å². The van der Waals surface area contributed by atoms with Crippen LogP contribution in [0.4, 0.5) is 13.2 Å². The van der Waals surface area contributed by atoms with E-state index in [0.717, 1.165) is 17.2 Å². The predicted octanol–water partition coefficient (Wildman–Crippen LogP) is 4.89. The lowest BCUT2D eigenvalue weighted by Gasteiger charge is -2.27. The Morgan fingerprint density at radius 1 is 1.12 bits per heavy atom. The van der Waals surface area contributed by atoms with E-state index in [-0.39, 0.29) is 17.1 Å². The average molecular weight is 364 g/mol. The zero-order valence-corrected chi connectivity index (χ0v) is 13.9. The molecule has 7 heteroatoms. The Bertz CT molecular complexity index is 900. The maximum atomic E-state index is 13.1. The fourth-order valence-corrected chi connectivity index (χ4v) is 2.65. The molecule has 0 spiro atoms. The Kier molecular flexibility index (Phi) is 4.39. The summed E-state index contributed by atoms with van der Waals surface area (Å²) in [4.78, 5) is 11.3. The van der Waals surface area contributed by atoms with Crippen LogP contribution >= 0.6 is 0 Å². The minimum Gasteiger partial charge on any atom is -0.478 e. The first-order chi connectivity index (χ1) is 12.2. The summed E-state index contributed by atoms with van der Waals surface area (Å²) in [5.41, 5.74) is 1.13. The van der Waals surface area contributed by atoms with Crippen molar-refractivity contribution in [1.29, 1.82) is 0 Å². The van der Waals surface area contributed by atoms with E-state index in [9.17, 15) is 18.0 Å². The Morgan fingerprint density at radius 3 is 2.42 bits per heavy atom. The third-order valence-electron chi connectivity index (χ3n) is 4.17. The summed E-state index contributed by atoms with van der Waals surface area (Å²) in [5, 5.41) is 9.17. The highest BCUT2D eigenvalue weighted by molar-refractivity contribution is 5.95. The fourth-order valence-electron chi connectivity index (χ4n) is 2.65. The van der Waals surface area contributed by atoms with Gasteiger partial charge in [-0.15, -0.1) is 0 Å². The molecule has 2 aromatic carbocycles. The molecule has 0 bridgehead atoms. The summed E-state index contributed by atoms with van der Waals surface area (Å²) in [6, 6.07) is 9.81. The minimum absolute atomic E-state index is 0.0832. The zero-order valence-electron chi connectivity index (χ0n) is 13.9. The predicted molar refractivity (Wildman–Crippen MR) is 88.5 cm³/mol. The molecule has 136 valence electrons. The van der Waals surface area contributed by atoms with Crippen LogP contribution in [0.5, 0.6) is 17.2 Å². The number of carboxylic acid groups (broad SMARTS) is 1. The fraction of sp³-hybridized carbons (Fsp3) is 0.211. The molecule has 0 radical (unpaired) electrons. The summed E-state index contributed by atoms with van der Waals surface area (Å²) >= 11 is 0. The van der Waals surface area contributed by atoms with Gasteiger partial charge in [-0.2, -0.15) is 13.2 Å². The van der Waals surface area contributed by atoms with Gasteiger partial charge < -0.3 is 14.6 Å². The van der Waals surface area contributed by atoms with Gasteiger partial charge in [-0.3, -0.25) is 0 Å².